The Balaban J connectivity index is 0.00000196. The van der Waals surface area contributed by atoms with E-state index in [9.17, 15) is 5.11 Å². The highest BCUT2D eigenvalue weighted by molar-refractivity contribution is 6.31. The van der Waals surface area contributed by atoms with Crippen molar-refractivity contribution in [2.75, 3.05) is 18.4 Å². The molecule has 2 N–H and O–H groups in total. The molecule has 3 aromatic rings. The minimum atomic E-state index is 0. The molecule has 0 saturated heterocycles. The highest BCUT2D eigenvalue weighted by Crippen LogP contribution is 2.32. The summed E-state index contributed by atoms with van der Waals surface area (Å²) in [5.41, 5.74) is 4.77. The van der Waals surface area contributed by atoms with Crippen molar-refractivity contribution in [1.82, 2.24) is 9.88 Å². The van der Waals surface area contributed by atoms with Crippen molar-refractivity contribution in [3.05, 3.63) is 58.7 Å². The molecule has 0 saturated carbocycles. The minimum absolute atomic E-state index is 0. The minimum Gasteiger partial charge on any atom is -0.508 e. The molecule has 0 fully saturated rings. The second-order valence-corrected chi connectivity index (χ2v) is 6.84. The average Bonchev–Trinajstić information content (AvgIpc) is 2.64. The van der Waals surface area contributed by atoms with E-state index in [1.54, 1.807) is 6.07 Å². The molecule has 0 atom stereocenters. The molecule has 2 aromatic carbocycles. The lowest BCUT2D eigenvalue weighted by atomic mass is 10.1. The summed E-state index contributed by atoms with van der Waals surface area (Å²) < 4.78 is 0. The Hall–Kier alpha value is -1.72. The zero-order valence-corrected chi connectivity index (χ0v) is 18.6. The van der Waals surface area contributed by atoms with Crippen molar-refractivity contribution >= 4 is 58.7 Å². The van der Waals surface area contributed by atoms with Crippen molar-refractivity contribution in [2.45, 2.75) is 27.3 Å². The van der Waals surface area contributed by atoms with Crippen LogP contribution >= 0.6 is 36.4 Å². The first-order chi connectivity index (χ1) is 12.5. The van der Waals surface area contributed by atoms with Gasteiger partial charge in [0.2, 0.25) is 0 Å². The summed E-state index contributed by atoms with van der Waals surface area (Å²) in [6, 6.07) is 11.4. The van der Waals surface area contributed by atoms with Crippen LogP contribution in [0.2, 0.25) is 5.02 Å². The van der Waals surface area contributed by atoms with Crippen molar-refractivity contribution in [1.29, 1.82) is 0 Å². The van der Waals surface area contributed by atoms with Crippen LogP contribution in [0.5, 0.6) is 5.75 Å². The Morgan fingerprint density at radius 1 is 1.07 bits per heavy atom. The molecule has 4 nitrogen and oxygen atoms in total. The molecule has 0 amide bonds. The number of hydrogen-bond donors (Lipinski definition) is 2. The number of phenolic OH excluding ortho intramolecular Hbond substituents is 1. The number of phenols is 1. The number of rotatable bonds is 6. The topological polar surface area (TPSA) is 48.4 Å². The van der Waals surface area contributed by atoms with Gasteiger partial charge in [-0.15, -0.1) is 24.8 Å². The molecule has 1 heterocycles. The maximum absolute atomic E-state index is 10.2. The number of aromatic nitrogens is 1. The molecule has 0 aliphatic heterocycles. The average molecular weight is 443 g/mol. The van der Waals surface area contributed by atoms with Gasteiger partial charge in [-0.3, -0.25) is 9.88 Å². The monoisotopic (exact) mass is 441 g/mol. The van der Waals surface area contributed by atoms with E-state index in [4.69, 9.17) is 11.6 Å². The number of benzene rings is 2. The lowest BCUT2D eigenvalue weighted by Gasteiger charge is -2.20. The maximum atomic E-state index is 10.2. The summed E-state index contributed by atoms with van der Waals surface area (Å²) >= 11 is 6.09. The number of fused-ring (bicyclic) bond motifs is 1. The van der Waals surface area contributed by atoms with E-state index in [0.717, 1.165) is 53.0 Å². The zero-order valence-electron chi connectivity index (χ0n) is 16.2. The normalized spacial score (nSPS) is 10.5. The van der Waals surface area contributed by atoms with Gasteiger partial charge < -0.3 is 10.4 Å². The van der Waals surface area contributed by atoms with Gasteiger partial charge in [0, 0.05) is 34.4 Å². The van der Waals surface area contributed by atoms with Gasteiger partial charge in [-0.2, -0.15) is 0 Å². The van der Waals surface area contributed by atoms with Gasteiger partial charge in [0.05, 0.1) is 11.2 Å². The molecule has 0 unspecified atom stereocenters. The van der Waals surface area contributed by atoms with E-state index >= 15 is 0 Å². The first-order valence-electron chi connectivity index (χ1n) is 8.88. The van der Waals surface area contributed by atoms with Crippen molar-refractivity contribution in [3.8, 4) is 5.75 Å². The molecule has 0 radical (unpaired) electrons. The second kappa shape index (κ2) is 10.7. The number of anilines is 2. The number of halogens is 3. The number of aromatic hydroxyl groups is 1. The fourth-order valence-corrected chi connectivity index (χ4v) is 3.22. The Labute approximate surface area is 183 Å². The third kappa shape index (κ3) is 5.42. The van der Waals surface area contributed by atoms with E-state index in [-0.39, 0.29) is 24.8 Å². The van der Waals surface area contributed by atoms with Gasteiger partial charge in [0.25, 0.3) is 0 Å². The van der Waals surface area contributed by atoms with Crippen LogP contribution in [0.4, 0.5) is 11.4 Å². The summed E-state index contributed by atoms with van der Waals surface area (Å²) in [4.78, 5) is 6.74. The van der Waals surface area contributed by atoms with E-state index in [0.29, 0.717) is 10.8 Å². The first kappa shape index (κ1) is 24.3. The summed E-state index contributed by atoms with van der Waals surface area (Å²) in [5.74, 6) is 0.325. The molecule has 0 aliphatic rings. The van der Waals surface area contributed by atoms with Gasteiger partial charge in [-0.25, -0.2) is 0 Å². The molecule has 3 rings (SSSR count). The van der Waals surface area contributed by atoms with Crippen LogP contribution in [-0.2, 0) is 6.54 Å². The molecule has 28 heavy (non-hydrogen) atoms. The predicted molar refractivity (Wildman–Crippen MR) is 124 cm³/mol. The molecule has 7 heteroatoms. The third-order valence-corrected chi connectivity index (χ3v) is 4.89. The Morgan fingerprint density at radius 2 is 1.79 bits per heavy atom. The SMILES string of the molecule is CCN(CC)Cc1cc(Nc2c(C)cnc3cc(Cl)ccc23)ccc1O.Cl.Cl. The Kier molecular flexibility index (Phi) is 9.31. The molecular weight excluding hydrogens is 417 g/mol. The summed E-state index contributed by atoms with van der Waals surface area (Å²) in [7, 11) is 0. The highest BCUT2D eigenvalue weighted by atomic mass is 35.5. The van der Waals surface area contributed by atoms with Crippen LogP contribution in [0.25, 0.3) is 10.9 Å². The lowest BCUT2D eigenvalue weighted by Crippen LogP contribution is -2.22. The molecule has 0 aliphatic carbocycles. The lowest BCUT2D eigenvalue weighted by molar-refractivity contribution is 0.291. The third-order valence-electron chi connectivity index (χ3n) is 4.66. The number of nitrogens with one attached hydrogen (secondary N) is 1. The fraction of sp³-hybridized carbons (Fsp3) is 0.286. The molecule has 0 spiro atoms. The molecule has 0 bridgehead atoms. The summed E-state index contributed by atoms with van der Waals surface area (Å²) in [5, 5.41) is 15.4. The van der Waals surface area contributed by atoms with Gasteiger partial charge in [0.15, 0.2) is 0 Å². The predicted octanol–water partition coefficient (Wildman–Crippen LogP) is 6.33. The van der Waals surface area contributed by atoms with Crippen LogP contribution in [-0.4, -0.2) is 28.1 Å². The maximum Gasteiger partial charge on any atom is 0.120 e. The van der Waals surface area contributed by atoms with Gasteiger partial charge >= 0.3 is 0 Å². The van der Waals surface area contributed by atoms with E-state index < -0.39 is 0 Å². The van der Waals surface area contributed by atoms with E-state index in [1.807, 2.05) is 43.5 Å². The highest BCUT2D eigenvalue weighted by Gasteiger charge is 2.10. The van der Waals surface area contributed by atoms with Crippen LogP contribution in [0.1, 0.15) is 25.0 Å². The number of hydrogen-bond acceptors (Lipinski definition) is 4. The second-order valence-electron chi connectivity index (χ2n) is 6.41. The summed E-state index contributed by atoms with van der Waals surface area (Å²) in [6.45, 7) is 8.89. The number of pyridine rings is 1. The largest absolute Gasteiger partial charge is 0.508 e. The van der Waals surface area contributed by atoms with Gasteiger partial charge in [-0.1, -0.05) is 25.4 Å². The molecule has 152 valence electrons. The quantitative estimate of drug-likeness (QED) is 0.438. The zero-order chi connectivity index (χ0) is 18.7. The van der Waals surface area contributed by atoms with Crippen LogP contribution in [0.3, 0.4) is 0 Å². The molecular formula is C21H26Cl3N3O. The Bertz CT molecular complexity index is 930. The fourth-order valence-electron chi connectivity index (χ4n) is 3.05. The summed E-state index contributed by atoms with van der Waals surface area (Å²) in [6.07, 6.45) is 1.85. The van der Waals surface area contributed by atoms with Crippen molar-refractivity contribution < 1.29 is 5.11 Å². The van der Waals surface area contributed by atoms with Crippen molar-refractivity contribution in [2.24, 2.45) is 0 Å². The standard InChI is InChI=1S/C21H24ClN3O.2ClH/c1-4-25(5-2)13-15-10-17(7-9-20(15)26)24-21-14(3)12-23-19-11-16(22)6-8-18(19)21;;/h6-12,26H,4-5,13H2,1-3H3,(H,23,24);2*1H. The van der Waals surface area contributed by atoms with Crippen LogP contribution in [0, 0.1) is 6.92 Å². The van der Waals surface area contributed by atoms with Gasteiger partial charge in [0.1, 0.15) is 5.75 Å². The van der Waals surface area contributed by atoms with E-state index in [2.05, 4.69) is 29.0 Å². The number of nitrogens with zero attached hydrogens (tertiary/aromatic N) is 2. The van der Waals surface area contributed by atoms with Crippen LogP contribution < -0.4 is 5.32 Å². The first-order valence-corrected chi connectivity index (χ1v) is 9.25. The van der Waals surface area contributed by atoms with Crippen LogP contribution in [0.15, 0.2) is 42.6 Å². The number of aryl methyl sites for hydroxylation is 1. The van der Waals surface area contributed by atoms with Gasteiger partial charge in [-0.05, 0) is 62.0 Å². The smallest absolute Gasteiger partial charge is 0.120 e. The van der Waals surface area contributed by atoms with Crippen molar-refractivity contribution in [3.63, 3.8) is 0 Å². The Morgan fingerprint density at radius 3 is 2.46 bits per heavy atom. The molecule has 1 aromatic heterocycles. The van der Waals surface area contributed by atoms with E-state index in [1.165, 1.54) is 0 Å².